The Morgan fingerprint density at radius 2 is 2.06 bits per heavy atom. The van der Waals surface area contributed by atoms with Crippen molar-refractivity contribution in [1.29, 1.82) is 0 Å². The van der Waals surface area contributed by atoms with Crippen LogP contribution in [0.1, 0.15) is 54.3 Å². The molecule has 4 heterocycles. The summed E-state index contributed by atoms with van der Waals surface area (Å²) in [4.78, 5) is 19.6. The van der Waals surface area contributed by atoms with Crippen molar-refractivity contribution in [2.24, 2.45) is 11.8 Å². The van der Waals surface area contributed by atoms with Crippen LogP contribution in [0.5, 0.6) is 5.75 Å². The highest BCUT2D eigenvalue weighted by molar-refractivity contribution is 5.94. The van der Waals surface area contributed by atoms with Crippen molar-refractivity contribution < 1.29 is 14.3 Å². The molecule has 6 rings (SSSR count). The van der Waals surface area contributed by atoms with Gasteiger partial charge >= 0.3 is 0 Å². The molecular weight excluding hydrogens is 426 g/mol. The van der Waals surface area contributed by atoms with E-state index in [-0.39, 0.29) is 29.6 Å². The minimum Gasteiger partial charge on any atom is -0.487 e. The Balaban J connectivity index is 1.18. The summed E-state index contributed by atoms with van der Waals surface area (Å²) in [5, 5.41) is 0. The maximum Gasteiger partial charge on any atom is 0.253 e. The van der Waals surface area contributed by atoms with Crippen LogP contribution in [0.3, 0.4) is 0 Å². The quantitative estimate of drug-likeness (QED) is 0.572. The maximum atomic E-state index is 13.4. The number of fused-ring (bicyclic) bond motifs is 4. The van der Waals surface area contributed by atoms with Crippen molar-refractivity contribution in [1.82, 2.24) is 14.5 Å². The molecule has 2 saturated heterocycles. The van der Waals surface area contributed by atoms with Crippen LogP contribution in [-0.4, -0.2) is 45.2 Å². The number of imidazole rings is 1. The summed E-state index contributed by atoms with van der Waals surface area (Å²) in [5.41, 5.74) is 2.71. The zero-order valence-electron chi connectivity index (χ0n) is 19.8. The van der Waals surface area contributed by atoms with Crippen LogP contribution in [0.15, 0.2) is 67.3 Å². The van der Waals surface area contributed by atoms with E-state index in [1.807, 2.05) is 46.0 Å². The summed E-state index contributed by atoms with van der Waals surface area (Å²) in [6.07, 6.45) is 7.62. The lowest BCUT2D eigenvalue weighted by atomic mass is 9.70. The fraction of sp³-hybridized carbons (Fsp3) is 0.429. The number of hydrogen-bond acceptors (Lipinski definition) is 4. The van der Waals surface area contributed by atoms with E-state index in [1.165, 1.54) is 5.56 Å². The van der Waals surface area contributed by atoms with Crippen molar-refractivity contribution in [3.63, 3.8) is 0 Å². The number of para-hydroxylation sites is 1. The first-order valence-electron chi connectivity index (χ1n) is 12.3. The SMILES string of the molecule is CC1(C)Oc2ccccc2[C@@H]2O[C@@H]3CCN(C(=O)c4cccc(Cn5ccnc5)c4)C[C@@H]3C[C@H]21. The topological polar surface area (TPSA) is 56.6 Å². The molecule has 0 radical (unpaired) electrons. The second-order valence-electron chi connectivity index (χ2n) is 10.4. The molecule has 34 heavy (non-hydrogen) atoms. The smallest absolute Gasteiger partial charge is 0.253 e. The minimum absolute atomic E-state index is 0.0586. The van der Waals surface area contributed by atoms with E-state index in [9.17, 15) is 4.79 Å². The van der Waals surface area contributed by atoms with E-state index < -0.39 is 0 Å². The number of benzene rings is 2. The molecule has 3 aliphatic rings. The molecule has 0 bridgehead atoms. The zero-order chi connectivity index (χ0) is 23.3. The third kappa shape index (κ3) is 3.80. The Morgan fingerprint density at radius 3 is 2.91 bits per heavy atom. The van der Waals surface area contributed by atoms with Gasteiger partial charge < -0.3 is 18.9 Å². The van der Waals surface area contributed by atoms with Crippen LogP contribution >= 0.6 is 0 Å². The van der Waals surface area contributed by atoms with Crippen molar-refractivity contribution in [2.75, 3.05) is 13.1 Å². The molecule has 3 aromatic rings. The predicted octanol–water partition coefficient (Wildman–Crippen LogP) is 4.71. The van der Waals surface area contributed by atoms with E-state index in [1.54, 1.807) is 12.5 Å². The molecule has 0 aliphatic carbocycles. The summed E-state index contributed by atoms with van der Waals surface area (Å²) in [5.74, 6) is 1.63. The standard InChI is InChI=1S/C28H31N3O3/c1-28(2)23-15-21-17-31(12-10-24(21)33-26(23)22-8-3-4-9-25(22)34-28)27(32)20-7-5-6-19(14-20)16-30-13-11-29-18-30/h3-9,11,13-14,18,21,23-24,26H,10,12,15-17H2,1-2H3/t21-,23+,24+,26-/m0/s1. The van der Waals surface area contributed by atoms with E-state index in [0.29, 0.717) is 12.5 Å². The number of aromatic nitrogens is 2. The van der Waals surface area contributed by atoms with Crippen LogP contribution in [0.25, 0.3) is 0 Å². The van der Waals surface area contributed by atoms with E-state index in [4.69, 9.17) is 9.47 Å². The fourth-order valence-corrected chi connectivity index (χ4v) is 6.02. The van der Waals surface area contributed by atoms with Crippen molar-refractivity contribution in [3.8, 4) is 5.75 Å². The Hall–Kier alpha value is -3.12. The zero-order valence-corrected chi connectivity index (χ0v) is 19.8. The fourth-order valence-electron chi connectivity index (χ4n) is 6.02. The third-order valence-corrected chi connectivity index (χ3v) is 7.78. The van der Waals surface area contributed by atoms with Gasteiger partial charge in [0.1, 0.15) is 11.4 Å². The van der Waals surface area contributed by atoms with Crippen molar-refractivity contribution in [3.05, 3.63) is 83.9 Å². The number of ether oxygens (including phenoxy) is 2. The van der Waals surface area contributed by atoms with Gasteiger partial charge in [-0.15, -0.1) is 0 Å². The van der Waals surface area contributed by atoms with E-state index in [0.717, 1.165) is 42.8 Å². The summed E-state index contributed by atoms with van der Waals surface area (Å²) < 4.78 is 15.2. The Morgan fingerprint density at radius 1 is 1.18 bits per heavy atom. The second-order valence-corrected chi connectivity index (χ2v) is 10.4. The Bertz CT molecular complexity index is 1190. The highest BCUT2D eigenvalue weighted by atomic mass is 16.5. The Kier molecular flexibility index (Phi) is 5.21. The molecule has 0 saturated carbocycles. The van der Waals surface area contributed by atoms with Gasteiger partial charge in [-0.2, -0.15) is 0 Å². The largest absolute Gasteiger partial charge is 0.487 e. The molecule has 1 aromatic heterocycles. The molecule has 2 fully saturated rings. The van der Waals surface area contributed by atoms with E-state index >= 15 is 0 Å². The lowest BCUT2D eigenvalue weighted by molar-refractivity contribution is -0.184. The van der Waals surface area contributed by atoms with Gasteiger partial charge in [0, 0.05) is 55.0 Å². The third-order valence-electron chi connectivity index (χ3n) is 7.78. The number of hydrogen-bond donors (Lipinski definition) is 0. The summed E-state index contributed by atoms with van der Waals surface area (Å²) in [6.45, 7) is 6.50. The second kappa shape index (κ2) is 8.27. The molecule has 2 aromatic carbocycles. The van der Waals surface area contributed by atoms with Gasteiger partial charge in [0.15, 0.2) is 0 Å². The molecule has 6 nitrogen and oxygen atoms in total. The highest BCUT2D eigenvalue weighted by Gasteiger charge is 2.51. The first kappa shape index (κ1) is 21.4. The van der Waals surface area contributed by atoms with Crippen LogP contribution in [0.2, 0.25) is 0 Å². The number of amides is 1. The van der Waals surface area contributed by atoms with Crippen molar-refractivity contribution >= 4 is 5.91 Å². The molecule has 0 unspecified atom stereocenters. The molecule has 4 atom stereocenters. The lowest BCUT2D eigenvalue weighted by Crippen LogP contribution is -2.56. The lowest BCUT2D eigenvalue weighted by Gasteiger charge is -2.53. The average Bonchev–Trinajstić information content (AvgIpc) is 3.35. The van der Waals surface area contributed by atoms with Gasteiger partial charge in [-0.25, -0.2) is 4.98 Å². The number of rotatable bonds is 3. The van der Waals surface area contributed by atoms with Crippen molar-refractivity contribution in [2.45, 2.75) is 51.0 Å². The highest BCUT2D eigenvalue weighted by Crippen LogP contribution is 2.52. The molecule has 6 heteroatoms. The molecule has 0 spiro atoms. The first-order chi connectivity index (χ1) is 16.5. The maximum absolute atomic E-state index is 13.4. The van der Waals surface area contributed by atoms with Gasteiger partial charge in [0.05, 0.1) is 18.5 Å². The van der Waals surface area contributed by atoms with Crippen LogP contribution in [0.4, 0.5) is 0 Å². The van der Waals surface area contributed by atoms with Crippen LogP contribution in [0, 0.1) is 11.8 Å². The number of nitrogens with zero attached hydrogens (tertiary/aromatic N) is 3. The average molecular weight is 458 g/mol. The van der Waals surface area contributed by atoms with Gasteiger partial charge in [-0.3, -0.25) is 4.79 Å². The summed E-state index contributed by atoms with van der Waals surface area (Å²) >= 11 is 0. The molecule has 1 amide bonds. The molecule has 3 aliphatic heterocycles. The first-order valence-corrected chi connectivity index (χ1v) is 12.3. The Labute approximate surface area is 200 Å². The van der Waals surface area contributed by atoms with Crippen LogP contribution in [-0.2, 0) is 11.3 Å². The van der Waals surface area contributed by atoms with Crippen LogP contribution < -0.4 is 4.74 Å². The van der Waals surface area contributed by atoms with E-state index in [2.05, 4.69) is 37.0 Å². The number of carbonyl (C=O) groups excluding carboxylic acids is 1. The molecular formula is C28H31N3O3. The molecule has 176 valence electrons. The van der Waals surface area contributed by atoms with Gasteiger partial charge in [-0.05, 0) is 50.5 Å². The summed E-state index contributed by atoms with van der Waals surface area (Å²) in [6, 6.07) is 16.2. The van der Waals surface area contributed by atoms with Gasteiger partial charge in [-0.1, -0.05) is 30.3 Å². The van der Waals surface area contributed by atoms with Gasteiger partial charge in [0.25, 0.3) is 5.91 Å². The number of piperidine rings is 1. The normalized spacial score (nSPS) is 27.2. The number of carbonyl (C=O) groups is 1. The minimum atomic E-state index is -0.308. The number of likely N-dealkylation sites (tertiary alicyclic amines) is 1. The summed E-state index contributed by atoms with van der Waals surface area (Å²) in [7, 11) is 0. The monoisotopic (exact) mass is 457 g/mol. The predicted molar refractivity (Wildman–Crippen MR) is 129 cm³/mol. The van der Waals surface area contributed by atoms with Gasteiger partial charge in [0.2, 0.25) is 0 Å². The molecule has 0 N–H and O–H groups in total.